The van der Waals surface area contributed by atoms with E-state index in [9.17, 15) is 9.59 Å². The molecule has 4 aromatic rings. The van der Waals surface area contributed by atoms with Crippen LogP contribution in [-0.2, 0) is 9.59 Å². The number of thioether (sulfide) groups is 2. The van der Waals surface area contributed by atoms with E-state index >= 15 is 0 Å². The van der Waals surface area contributed by atoms with E-state index in [4.69, 9.17) is 21.7 Å². The van der Waals surface area contributed by atoms with Gasteiger partial charge in [0.25, 0.3) is 0 Å². The molecule has 0 atom stereocenters. The summed E-state index contributed by atoms with van der Waals surface area (Å²) < 4.78 is 0. The molecule has 0 aliphatic rings. The summed E-state index contributed by atoms with van der Waals surface area (Å²) >= 11 is 3.44. The molecule has 48 heavy (non-hydrogen) atoms. The van der Waals surface area contributed by atoms with E-state index in [0.717, 1.165) is 33.6 Å². The van der Waals surface area contributed by atoms with Crippen LogP contribution in [0.15, 0.2) is 129 Å². The lowest BCUT2D eigenvalue weighted by Crippen LogP contribution is -2.29. The second-order valence-electron chi connectivity index (χ2n) is 10.2. The van der Waals surface area contributed by atoms with E-state index in [0.29, 0.717) is 24.1 Å². The number of nitrogens with zero attached hydrogens (tertiary/aromatic N) is 4. The molecule has 0 bridgehead atoms. The number of hydrogen-bond donors (Lipinski definition) is 4. The molecule has 0 spiro atoms. The maximum atomic E-state index is 9.55. The highest BCUT2D eigenvalue weighted by molar-refractivity contribution is 7.98. The Morgan fingerprint density at radius 1 is 0.604 bits per heavy atom. The molecule has 0 heterocycles. The lowest BCUT2D eigenvalue weighted by molar-refractivity contribution is -0.134. The lowest BCUT2D eigenvalue weighted by Gasteiger charge is -2.13. The Hall–Kier alpha value is -5.20. The average Bonchev–Trinajstić information content (AvgIpc) is 3.09. The van der Waals surface area contributed by atoms with Gasteiger partial charge in [0.1, 0.15) is 0 Å². The third-order valence-corrected chi connectivity index (χ3v) is 7.78. The van der Waals surface area contributed by atoms with Crippen LogP contribution in [0, 0.1) is 0 Å². The standard InChI is InChI=1S/2C16H19N3S.C4H4O4/c2*1-19(2)16(17)18-15-10-9-13(20-3)11-14(15)12-7-5-4-6-8-12;5-3(6)1-2-4(7)8/h2*4-11H,1-3H3,(H2,17,18);1-2H,(H,5,6)(H,7,8)/b;;2-1+. The van der Waals surface area contributed by atoms with Crippen LogP contribution in [0.1, 0.15) is 0 Å². The summed E-state index contributed by atoms with van der Waals surface area (Å²) in [5.41, 5.74) is 18.1. The van der Waals surface area contributed by atoms with Crippen molar-refractivity contribution in [2.45, 2.75) is 9.79 Å². The number of rotatable bonds is 8. The first kappa shape index (κ1) is 39.0. The predicted octanol–water partition coefficient (Wildman–Crippen LogP) is 6.88. The maximum Gasteiger partial charge on any atom is 0.328 e. The van der Waals surface area contributed by atoms with Gasteiger partial charge in [0.05, 0.1) is 11.4 Å². The van der Waals surface area contributed by atoms with E-state index < -0.39 is 11.9 Å². The van der Waals surface area contributed by atoms with Crippen LogP contribution in [0.2, 0.25) is 0 Å². The molecular weight excluding hydrogens is 645 g/mol. The zero-order chi connectivity index (χ0) is 35.6. The first-order chi connectivity index (χ1) is 22.9. The Morgan fingerprint density at radius 2 is 0.938 bits per heavy atom. The van der Waals surface area contributed by atoms with Gasteiger partial charge in [0, 0.05) is 61.3 Å². The molecule has 6 N–H and O–H groups in total. The molecule has 0 aliphatic heterocycles. The van der Waals surface area contributed by atoms with E-state index in [1.165, 1.54) is 9.79 Å². The number of benzene rings is 4. The molecule has 0 saturated heterocycles. The number of nitrogens with two attached hydrogens (primary N) is 2. The molecule has 10 nitrogen and oxygen atoms in total. The zero-order valence-corrected chi connectivity index (χ0v) is 29.5. The summed E-state index contributed by atoms with van der Waals surface area (Å²) in [6.07, 6.45) is 5.26. The van der Waals surface area contributed by atoms with Crippen molar-refractivity contribution in [1.82, 2.24) is 9.80 Å². The van der Waals surface area contributed by atoms with Gasteiger partial charge in [-0.15, -0.1) is 23.5 Å². The Labute approximate surface area is 290 Å². The first-order valence-electron chi connectivity index (χ1n) is 14.5. The first-order valence-corrected chi connectivity index (χ1v) is 16.9. The molecule has 12 heteroatoms. The highest BCUT2D eigenvalue weighted by Gasteiger charge is 2.08. The van der Waals surface area contributed by atoms with Crippen LogP contribution in [-0.4, -0.2) is 84.6 Å². The lowest BCUT2D eigenvalue weighted by atomic mass is 10.0. The van der Waals surface area contributed by atoms with Gasteiger partial charge in [0.2, 0.25) is 0 Å². The van der Waals surface area contributed by atoms with Crippen LogP contribution in [0.25, 0.3) is 22.3 Å². The van der Waals surface area contributed by atoms with E-state index in [1.54, 1.807) is 33.3 Å². The van der Waals surface area contributed by atoms with Crippen molar-refractivity contribution in [2.75, 3.05) is 40.7 Å². The highest BCUT2D eigenvalue weighted by Crippen LogP contribution is 2.35. The SMILES string of the molecule is CSc1ccc(N=C(N)N(C)C)c(-c2ccccc2)c1.CSc1ccc(N=C(N)N(C)C)c(-c2ccccc2)c1.O=C(O)/C=C/C(=O)O. The van der Waals surface area contributed by atoms with Gasteiger partial charge >= 0.3 is 11.9 Å². The molecule has 0 amide bonds. The fourth-order valence-corrected chi connectivity index (χ4v) is 4.65. The Bertz CT molecular complexity index is 1600. The van der Waals surface area contributed by atoms with Crippen molar-refractivity contribution in [3.63, 3.8) is 0 Å². The molecule has 4 aromatic carbocycles. The average molecular weight is 687 g/mol. The molecule has 0 saturated carbocycles. The summed E-state index contributed by atoms with van der Waals surface area (Å²) in [4.78, 5) is 34.2. The van der Waals surface area contributed by atoms with Crippen LogP contribution >= 0.6 is 23.5 Å². The smallest absolute Gasteiger partial charge is 0.328 e. The van der Waals surface area contributed by atoms with E-state index in [-0.39, 0.29) is 0 Å². The van der Waals surface area contributed by atoms with Gasteiger partial charge in [-0.3, -0.25) is 0 Å². The van der Waals surface area contributed by atoms with Gasteiger partial charge in [-0.25, -0.2) is 19.6 Å². The van der Waals surface area contributed by atoms with Crippen molar-refractivity contribution >= 4 is 58.8 Å². The quantitative estimate of drug-likeness (QED) is 0.0667. The molecular formula is C36H42N6O4S2. The number of aliphatic carboxylic acids is 2. The second-order valence-corrected chi connectivity index (χ2v) is 12.0. The fourth-order valence-electron chi connectivity index (χ4n) is 3.77. The van der Waals surface area contributed by atoms with Crippen molar-refractivity contribution < 1.29 is 19.8 Å². The van der Waals surface area contributed by atoms with Gasteiger partial charge in [-0.05, 0) is 60.0 Å². The Balaban J connectivity index is 0.000000274. The van der Waals surface area contributed by atoms with Crippen molar-refractivity contribution in [2.24, 2.45) is 21.5 Å². The molecule has 0 aliphatic carbocycles. The third kappa shape index (κ3) is 13.3. The topological polar surface area (TPSA) is 158 Å². The van der Waals surface area contributed by atoms with Crippen LogP contribution in [0.4, 0.5) is 11.4 Å². The van der Waals surface area contributed by atoms with Gasteiger partial charge in [-0.2, -0.15) is 0 Å². The summed E-state index contributed by atoms with van der Waals surface area (Å²) in [6, 6.07) is 33.0. The summed E-state index contributed by atoms with van der Waals surface area (Å²) in [7, 11) is 7.54. The molecule has 252 valence electrons. The molecule has 0 unspecified atom stereocenters. The normalized spacial score (nSPS) is 11.1. The van der Waals surface area contributed by atoms with Crippen LogP contribution < -0.4 is 11.5 Å². The van der Waals surface area contributed by atoms with Crippen molar-refractivity contribution in [3.8, 4) is 22.3 Å². The Morgan fingerprint density at radius 3 is 1.21 bits per heavy atom. The van der Waals surface area contributed by atoms with Crippen molar-refractivity contribution in [1.29, 1.82) is 0 Å². The fraction of sp³-hybridized carbons (Fsp3) is 0.167. The maximum absolute atomic E-state index is 9.55. The molecule has 0 aromatic heterocycles. The van der Waals surface area contributed by atoms with Gasteiger partial charge in [-0.1, -0.05) is 60.7 Å². The van der Waals surface area contributed by atoms with Gasteiger partial charge in [0.15, 0.2) is 11.9 Å². The summed E-state index contributed by atoms with van der Waals surface area (Å²) in [6.45, 7) is 0. The summed E-state index contributed by atoms with van der Waals surface area (Å²) in [5, 5.41) is 15.6. The monoisotopic (exact) mass is 686 g/mol. The molecule has 4 rings (SSSR count). The number of carboxylic acids is 2. The zero-order valence-electron chi connectivity index (χ0n) is 27.9. The number of aliphatic imine (C=N–C) groups is 2. The number of carbonyl (C=O) groups is 2. The van der Waals surface area contributed by atoms with E-state index in [1.807, 2.05) is 76.7 Å². The minimum Gasteiger partial charge on any atom is -0.478 e. The predicted molar refractivity (Wildman–Crippen MR) is 202 cm³/mol. The van der Waals surface area contributed by atoms with Crippen molar-refractivity contribution in [3.05, 3.63) is 109 Å². The molecule has 0 radical (unpaired) electrons. The highest BCUT2D eigenvalue weighted by atomic mass is 32.2. The van der Waals surface area contributed by atoms with Crippen LogP contribution in [0.5, 0.6) is 0 Å². The largest absolute Gasteiger partial charge is 0.478 e. The van der Waals surface area contributed by atoms with Crippen LogP contribution in [0.3, 0.4) is 0 Å². The molecule has 0 fully saturated rings. The number of carboxylic acid groups (broad SMARTS) is 2. The minimum absolute atomic E-state index is 0.499. The summed E-state index contributed by atoms with van der Waals surface area (Å²) in [5.74, 6) is -1.52. The number of guanidine groups is 2. The number of hydrogen-bond acceptors (Lipinski definition) is 6. The Kier molecular flexibility index (Phi) is 16.3. The van der Waals surface area contributed by atoms with Gasteiger partial charge < -0.3 is 31.5 Å². The van der Waals surface area contributed by atoms with E-state index in [2.05, 4.69) is 71.0 Å². The second kappa shape index (κ2) is 20.1. The minimum atomic E-state index is -1.26. The third-order valence-electron chi connectivity index (χ3n) is 6.33.